The van der Waals surface area contributed by atoms with Crippen LogP contribution in [0.5, 0.6) is 5.75 Å². The normalized spacial score (nSPS) is 13.8. The number of aryl methyl sites for hydroxylation is 2. The smallest absolute Gasteiger partial charge is 0.251 e. The predicted octanol–water partition coefficient (Wildman–Crippen LogP) is 8.21. The number of halogens is 2. The molecule has 9 rings (SSSR count). The molecule has 67 heavy (non-hydrogen) atoms. The van der Waals surface area contributed by atoms with E-state index in [9.17, 15) is 24.2 Å². The van der Waals surface area contributed by atoms with Gasteiger partial charge in [-0.2, -0.15) is 5.10 Å². The van der Waals surface area contributed by atoms with Gasteiger partial charge in [0.25, 0.3) is 11.8 Å². The summed E-state index contributed by atoms with van der Waals surface area (Å²) in [4.78, 5) is 34.1. The number of aliphatic hydroxyl groups is 2. The number of nitrogens with zero attached hydrogens (tertiary/aromatic N) is 6. The second-order valence-electron chi connectivity index (χ2n) is 18.4. The molecule has 18 heteroatoms. The van der Waals surface area contributed by atoms with Crippen LogP contribution in [0.15, 0.2) is 83.7 Å². The highest BCUT2D eigenvalue weighted by atomic mass is 79.9. The van der Waals surface area contributed by atoms with Crippen LogP contribution in [0.25, 0.3) is 33.8 Å². The Kier molecular flexibility index (Phi) is 13.2. The monoisotopic (exact) mass is 975 g/mol. The van der Waals surface area contributed by atoms with Crippen molar-refractivity contribution in [3.8, 4) is 28.3 Å². The van der Waals surface area contributed by atoms with E-state index in [1.54, 1.807) is 67.3 Å². The number of benzene rings is 3. The molecular weight excluding hydrogens is 922 g/mol. The second kappa shape index (κ2) is 18.9. The van der Waals surface area contributed by atoms with Crippen molar-refractivity contribution in [3.05, 3.63) is 112 Å². The average Bonchev–Trinajstić information content (AvgIpc) is 4.18. The van der Waals surface area contributed by atoms with Gasteiger partial charge in [-0.3, -0.25) is 9.59 Å². The summed E-state index contributed by atoms with van der Waals surface area (Å²) in [7, 11) is 1.41. The Hall–Kier alpha value is -6.63. The molecule has 3 aromatic carbocycles. The molecule has 2 aliphatic carbocycles. The van der Waals surface area contributed by atoms with Gasteiger partial charge in [0.05, 0.1) is 53.5 Å². The van der Waals surface area contributed by atoms with Gasteiger partial charge in [0.15, 0.2) is 28.7 Å². The van der Waals surface area contributed by atoms with Gasteiger partial charge in [-0.1, -0.05) is 12.1 Å². The minimum absolute atomic E-state index is 0.0198. The number of imidazole rings is 2. The lowest BCUT2D eigenvalue weighted by atomic mass is 10.0. The fourth-order valence-electron chi connectivity index (χ4n) is 7.27. The quantitative estimate of drug-likeness (QED) is 0.0520. The Bertz CT molecular complexity index is 2990. The fourth-order valence-corrected chi connectivity index (χ4v) is 7.66. The molecule has 7 N–H and O–H groups in total. The number of anilines is 4. The third kappa shape index (κ3) is 11.5. The molecule has 2 amide bonds. The Morgan fingerprint density at radius 1 is 0.731 bits per heavy atom. The maximum atomic E-state index is 13.9. The SMILES string of the molecule is COc1cc(Nc2cc(NCC(C)(C)O)c3ncc(-c4ccc(C(=O)NC5CC5)c(C)c4)n3n2)ccc1F.Cc1cc(-c2cnc3c(NCC(C)(C)O)cc(Br)nn23)ccc1C(=O)NC1CC1. The largest absolute Gasteiger partial charge is 0.494 e. The highest BCUT2D eigenvalue weighted by Crippen LogP contribution is 2.32. The summed E-state index contributed by atoms with van der Waals surface area (Å²) in [5, 5.41) is 45.3. The van der Waals surface area contributed by atoms with E-state index in [-0.39, 0.29) is 30.2 Å². The van der Waals surface area contributed by atoms with Crippen LogP contribution >= 0.6 is 15.9 Å². The van der Waals surface area contributed by atoms with Gasteiger partial charge in [-0.25, -0.2) is 23.4 Å². The minimum Gasteiger partial charge on any atom is -0.494 e. The molecule has 0 aliphatic heterocycles. The number of aromatic nitrogens is 6. The van der Waals surface area contributed by atoms with Crippen LogP contribution in [0.3, 0.4) is 0 Å². The zero-order valence-electron chi connectivity index (χ0n) is 38.5. The van der Waals surface area contributed by atoms with Gasteiger partial charge in [0.2, 0.25) is 0 Å². The summed E-state index contributed by atoms with van der Waals surface area (Å²) in [6, 6.07) is 20.1. The zero-order valence-corrected chi connectivity index (χ0v) is 40.0. The Morgan fingerprint density at radius 2 is 1.22 bits per heavy atom. The van der Waals surface area contributed by atoms with Crippen molar-refractivity contribution in [2.75, 3.05) is 36.1 Å². The number of hydrogen-bond donors (Lipinski definition) is 7. The topological polar surface area (TPSA) is 204 Å². The van der Waals surface area contributed by atoms with E-state index in [1.165, 1.54) is 13.2 Å². The average molecular weight is 977 g/mol. The van der Waals surface area contributed by atoms with Crippen molar-refractivity contribution in [1.29, 1.82) is 0 Å². The molecule has 0 saturated heterocycles. The standard InChI is InChI=1S/C28H31FN6O3.C21H24BrN5O2/c1-16-11-17(5-9-20(16)27(36)33-18-6-7-18)23-14-30-26-22(31-15-28(2,3)37)13-25(34-35(23)26)32-19-8-10-21(29)24(12-19)38-4;1-12-8-13(4-7-15(12)20(28)25-14-5-6-14)17-10-23-19-16(24-11-21(2,3)29)9-18(22)26-27(17)19/h5,8-14,18,31,37H,6-7,15H2,1-4H3,(H,32,34)(H,33,36);4,7-10,14,24,29H,5-6,11H2,1-3H3,(H,25,28). The van der Waals surface area contributed by atoms with Crippen molar-refractivity contribution in [3.63, 3.8) is 0 Å². The lowest BCUT2D eigenvalue weighted by Crippen LogP contribution is -2.29. The van der Waals surface area contributed by atoms with Gasteiger partial charge >= 0.3 is 0 Å². The van der Waals surface area contributed by atoms with E-state index in [4.69, 9.17) is 9.84 Å². The molecule has 0 atom stereocenters. The number of methoxy groups -OCH3 is 1. The summed E-state index contributed by atoms with van der Waals surface area (Å²) in [5.41, 5.74) is 7.86. The minimum atomic E-state index is -0.957. The maximum Gasteiger partial charge on any atom is 0.251 e. The van der Waals surface area contributed by atoms with Crippen LogP contribution in [0.2, 0.25) is 0 Å². The fraction of sp³-hybridized carbons (Fsp3) is 0.347. The zero-order chi connectivity index (χ0) is 47.8. The summed E-state index contributed by atoms with van der Waals surface area (Å²) in [6.07, 6.45) is 7.68. The molecule has 2 saturated carbocycles. The summed E-state index contributed by atoms with van der Waals surface area (Å²) in [6.45, 7) is 11.4. The highest BCUT2D eigenvalue weighted by Gasteiger charge is 2.26. The number of carbonyl (C=O) groups is 2. The lowest BCUT2D eigenvalue weighted by Gasteiger charge is -2.19. The van der Waals surface area contributed by atoms with Gasteiger partial charge in [0, 0.05) is 65.2 Å². The molecule has 0 unspecified atom stereocenters. The molecule has 4 aromatic heterocycles. The highest BCUT2D eigenvalue weighted by molar-refractivity contribution is 9.10. The van der Waals surface area contributed by atoms with E-state index in [0.29, 0.717) is 56.8 Å². The number of rotatable bonds is 15. The molecule has 350 valence electrons. The van der Waals surface area contributed by atoms with Gasteiger partial charge in [-0.05, 0) is 137 Å². The van der Waals surface area contributed by atoms with Crippen LogP contribution < -0.4 is 31.3 Å². The number of carbonyl (C=O) groups excluding carboxylic acids is 2. The Labute approximate surface area is 395 Å². The van der Waals surface area contributed by atoms with Crippen LogP contribution in [0, 0.1) is 19.7 Å². The maximum absolute atomic E-state index is 13.9. The van der Waals surface area contributed by atoms with E-state index in [2.05, 4.69) is 57.6 Å². The first-order valence-corrected chi connectivity index (χ1v) is 22.9. The number of hydrogen-bond acceptors (Lipinski definition) is 12. The van der Waals surface area contributed by atoms with Gasteiger partial charge < -0.3 is 41.5 Å². The van der Waals surface area contributed by atoms with E-state index < -0.39 is 17.0 Å². The van der Waals surface area contributed by atoms with Crippen LogP contribution in [-0.2, 0) is 0 Å². The summed E-state index contributed by atoms with van der Waals surface area (Å²) >= 11 is 3.45. The third-order valence-electron chi connectivity index (χ3n) is 11.1. The first kappa shape index (κ1) is 46.9. The molecule has 0 bridgehead atoms. The van der Waals surface area contributed by atoms with Crippen molar-refractivity contribution in [1.82, 2.24) is 39.8 Å². The molecule has 2 aliphatic rings. The van der Waals surface area contributed by atoms with E-state index >= 15 is 0 Å². The molecule has 7 aromatic rings. The van der Waals surface area contributed by atoms with Crippen LogP contribution in [0.4, 0.5) is 27.3 Å². The number of ether oxygens (including phenoxy) is 1. The summed E-state index contributed by atoms with van der Waals surface area (Å²) in [5.74, 6) is 0.0400. The first-order chi connectivity index (χ1) is 31.8. The van der Waals surface area contributed by atoms with Crippen molar-refractivity contribution < 1.29 is 28.9 Å². The van der Waals surface area contributed by atoms with Gasteiger partial charge in [0.1, 0.15) is 4.60 Å². The number of amides is 2. The third-order valence-corrected chi connectivity index (χ3v) is 11.5. The molecule has 0 spiro atoms. The molecular formula is C49H55BrFN11O5. The predicted molar refractivity (Wildman–Crippen MR) is 261 cm³/mol. The first-order valence-electron chi connectivity index (χ1n) is 22.1. The molecule has 0 radical (unpaired) electrons. The second-order valence-corrected chi connectivity index (χ2v) is 19.3. The van der Waals surface area contributed by atoms with Crippen molar-refractivity contribution in [2.45, 2.75) is 90.5 Å². The van der Waals surface area contributed by atoms with Crippen molar-refractivity contribution >= 4 is 61.9 Å². The molecule has 4 heterocycles. The lowest BCUT2D eigenvalue weighted by molar-refractivity contribution is 0.0939. The Morgan fingerprint density at radius 3 is 1.69 bits per heavy atom. The number of nitrogens with one attached hydrogen (secondary N) is 5. The summed E-state index contributed by atoms with van der Waals surface area (Å²) < 4.78 is 23.1. The van der Waals surface area contributed by atoms with E-state index in [1.807, 2.05) is 56.3 Å². The van der Waals surface area contributed by atoms with Gasteiger partial charge in [-0.15, -0.1) is 5.10 Å². The molecule has 16 nitrogen and oxygen atoms in total. The van der Waals surface area contributed by atoms with Crippen LogP contribution in [0.1, 0.15) is 85.2 Å². The van der Waals surface area contributed by atoms with Crippen LogP contribution in [-0.4, -0.2) is 94.7 Å². The Balaban J connectivity index is 0.000000188. The molecule has 2 fully saturated rings. The number of fused-ring (bicyclic) bond motifs is 2. The van der Waals surface area contributed by atoms with Crippen molar-refractivity contribution in [2.24, 2.45) is 0 Å². The van der Waals surface area contributed by atoms with E-state index in [0.717, 1.165) is 65.0 Å².